The lowest BCUT2D eigenvalue weighted by Gasteiger charge is -2.17. The molecular weight excluding hydrogens is 422 g/mol. The molecule has 0 saturated heterocycles. The van der Waals surface area contributed by atoms with E-state index in [0.717, 1.165) is 46.0 Å². The Kier molecular flexibility index (Phi) is 6.82. The van der Waals surface area contributed by atoms with Crippen molar-refractivity contribution < 1.29 is 9.90 Å². The van der Waals surface area contributed by atoms with Crippen molar-refractivity contribution in [2.24, 2.45) is 0 Å². The quantitative estimate of drug-likeness (QED) is 0.354. The molecule has 0 bridgehead atoms. The molecule has 174 valence electrons. The van der Waals surface area contributed by atoms with Gasteiger partial charge in [0.15, 0.2) is 0 Å². The molecule has 0 aliphatic heterocycles. The number of benzene rings is 3. The van der Waals surface area contributed by atoms with Gasteiger partial charge in [-0.3, -0.25) is 4.79 Å². The van der Waals surface area contributed by atoms with E-state index < -0.39 is 11.9 Å². The Morgan fingerprint density at radius 2 is 1.68 bits per heavy atom. The van der Waals surface area contributed by atoms with Crippen LogP contribution in [0.15, 0.2) is 78.9 Å². The van der Waals surface area contributed by atoms with Crippen LogP contribution >= 0.6 is 0 Å². The molecule has 5 heteroatoms. The molecule has 1 heterocycles. The number of hydrogen-bond donors (Lipinski definition) is 1. The molecular formula is C29H31N3O2. The average Bonchev–Trinajstić information content (AvgIpc) is 3.26. The Labute approximate surface area is 201 Å². The van der Waals surface area contributed by atoms with Gasteiger partial charge in [-0.1, -0.05) is 59.7 Å². The van der Waals surface area contributed by atoms with Crippen molar-refractivity contribution in [1.82, 2.24) is 9.78 Å². The average molecular weight is 454 g/mol. The Hall–Kier alpha value is -3.86. The van der Waals surface area contributed by atoms with E-state index in [9.17, 15) is 9.90 Å². The third-order valence-corrected chi connectivity index (χ3v) is 6.27. The SMILES string of the molecule is CCN(C)c1ccc(-c2cc(CC(C(=O)O)c3cccc(C)c3)nn2-c2ccc(C)cc2)cc1. The Bertz CT molecular complexity index is 1270. The lowest BCUT2D eigenvalue weighted by molar-refractivity contribution is -0.138. The molecule has 1 unspecified atom stereocenters. The van der Waals surface area contributed by atoms with Crippen molar-refractivity contribution in [2.75, 3.05) is 18.5 Å². The summed E-state index contributed by atoms with van der Waals surface area (Å²) in [5.41, 5.74) is 7.85. The zero-order valence-electron chi connectivity index (χ0n) is 20.2. The first kappa shape index (κ1) is 23.3. The minimum atomic E-state index is -0.844. The number of rotatable bonds is 8. The van der Waals surface area contributed by atoms with E-state index in [4.69, 9.17) is 5.10 Å². The predicted octanol–water partition coefficient (Wildman–Crippen LogP) is 6.02. The Balaban J connectivity index is 1.76. The second-order valence-corrected chi connectivity index (χ2v) is 8.84. The van der Waals surface area contributed by atoms with Crippen LogP contribution in [-0.2, 0) is 11.2 Å². The van der Waals surface area contributed by atoms with E-state index >= 15 is 0 Å². The number of aryl methyl sites for hydroxylation is 2. The highest BCUT2D eigenvalue weighted by Crippen LogP contribution is 2.29. The van der Waals surface area contributed by atoms with Gasteiger partial charge in [0.1, 0.15) is 0 Å². The van der Waals surface area contributed by atoms with Crippen molar-refractivity contribution in [3.05, 3.63) is 101 Å². The molecule has 34 heavy (non-hydrogen) atoms. The van der Waals surface area contributed by atoms with E-state index in [1.807, 2.05) is 54.1 Å². The number of nitrogens with zero attached hydrogens (tertiary/aromatic N) is 3. The van der Waals surface area contributed by atoms with Gasteiger partial charge in [0.2, 0.25) is 0 Å². The van der Waals surface area contributed by atoms with Crippen molar-refractivity contribution in [3.8, 4) is 16.9 Å². The fourth-order valence-corrected chi connectivity index (χ4v) is 4.13. The maximum absolute atomic E-state index is 12.2. The van der Waals surface area contributed by atoms with Crippen LogP contribution in [0.1, 0.15) is 35.2 Å². The predicted molar refractivity (Wildman–Crippen MR) is 138 cm³/mol. The van der Waals surface area contributed by atoms with Crippen LogP contribution in [0.2, 0.25) is 0 Å². The Morgan fingerprint density at radius 3 is 2.29 bits per heavy atom. The summed E-state index contributed by atoms with van der Waals surface area (Å²) in [7, 11) is 2.07. The third kappa shape index (κ3) is 5.04. The summed E-state index contributed by atoms with van der Waals surface area (Å²) in [6.45, 7) is 7.09. The topological polar surface area (TPSA) is 58.4 Å². The minimum Gasteiger partial charge on any atom is -0.481 e. The highest BCUT2D eigenvalue weighted by molar-refractivity contribution is 5.76. The zero-order valence-corrected chi connectivity index (χ0v) is 20.2. The molecule has 0 aliphatic carbocycles. The summed E-state index contributed by atoms with van der Waals surface area (Å²) in [5, 5.41) is 14.9. The van der Waals surface area contributed by atoms with Gasteiger partial charge in [0.05, 0.1) is 23.0 Å². The minimum absolute atomic E-state index is 0.321. The molecule has 4 rings (SSSR count). The van der Waals surface area contributed by atoms with Crippen LogP contribution in [0.5, 0.6) is 0 Å². The van der Waals surface area contributed by atoms with Crippen molar-refractivity contribution in [3.63, 3.8) is 0 Å². The van der Waals surface area contributed by atoms with Crippen LogP contribution in [-0.4, -0.2) is 34.4 Å². The number of carbonyl (C=O) groups is 1. The maximum Gasteiger partial charge on any atom is 0.311 e. The molecule has 5 nitrogen and oxygen atoms in total. The number of carboxylic acids is 1. The highest BCUT2D eigenvalue weighted by atomic mass is 16.4. The van der Waals surface area contributed by atoms with Gasteiger partial charge in [-0.15, -0.1) is 0 Å². The van der Waals surface area contributed by atoms with Crippen LogP contribution < -0.4 is 4.90 Å². The standard InChI is InChI=1S/C29H31N3O2/c1-5-31(4)25-15-11-22(12-16-25)28-19-24(30-32(28)26-13-9-20(2)10-14-26)18-27(29(33)34)23-8-6-7-21(3)17-23/h6-17,19,27H,5,18H2,1-4H3,(H,33,34). The van der Waals surface area contributed by atoms with Crippen LogP contribution in [0.4, 0.5) is 5.69 Å². The first-order valence-electron chi connectivity index (χ1n) is 11.6. The first-order valence-corrected chi connectivity index (χ1v) is 11.6. The summed E-state index contributed by atoms with van der Waals surface area (Å²) in [6, 6.07) is 26.4. The second-order valence-electron chi connectivity index (χ2n) is 8.84. The second kappa shape index (κ2) is 9.96. The van der Waals surface area contributed by atoms with Gasteiger partial charge in [-0.25, -0.2) is 4.68 Å². The van der Waals surface area contributed by atoms with E-state index in [1.165, 1.54) is 5.56 Å². The molecule has 0 fully saturated rings. The van der Waals surface area contributed by atoms with Crippen molar-refractivity contribution in [2.45, 2.75) is 33.1 Å². The van der Waals surface area contributed by atoms with E-state index in [2.05, 4.69) is 62.2 Å². The van der Waals surface area contributed by atoms with E-state index in [-0.39, 0.29) is 0 Å². The van der Waals surface area contributed by atoms with Gasteiger partial charge < -0.3 is 10.0 Å². The first-order chi connectivity index (χ1) is 16.4. The maximum atomic E-state index is 12.2. The molecule has 1 N–H and O–H groups in total. The van der Waals surface area contributed by atoms with Crippen molar-refractivity contribution >= 4 is 11.7 Å². The summed E-state index contributed by atoms with van der Waals surface area (Å²) >= 11 is 0. The number of carboxylic acid groups (broad SMARTS) is 1. The highest BCUT2D eigenvalue weighted by Gasteiger charge is 2.23. The molecule has 1 aromatic heterocycles. The van der Waals surface area contributed by atoms with E-state index in [0.29, 0.717) is 6.42 Å². The van der Waals surface area contributed by atoms with Crippen LogP contribution in [0.25, 0.3) is 16.9 Å². The number of aromatic nitrogens is 2. The molecule has 1 atom stereocenters. The largest absolute Gasteiger partial charge is 0.481 e. The van der Waals surface area contributed by atoms with Crippen molar-refractivity contribution in [1.29, 1.82) is 0 Å². The smallest absolute Gasteiger partial charge is 0.311 e. The molecule has 0 spiro atoms. The van der Waals surface area contributed by atoms with Gasteiger partial charge >= 0.3 is 5.97 Å². The number of anilines is 1. The molecule has 0 aliphatic rings. The monoisotopic (exact) mass is 453 g/mol. The molecule has 0 radical (unpaired) electrons. The third-order valence-electron chi connectivity index (χ3n) is 6.27. The number of aliphatic carboxylic acids is 1. The summed E-state index contributed by atoms with van der Waals surface area (Å²) in [6.07, 6.45) is 0.321. The number of hydrogen-bond acceptors (Lipinski definition) is 3. The van der Waals surface area contributed by atoms with Crippen LogP contribution in [0, 0.1) is 13.8 Å². The summed E-state index contributed by atoms with van der Waals surface area (Å²) in [4.78, 5) is 14.4. The van der Waals surface area contributed by atoms with Crippen LogP contribution in [0.3, 0.4) is 0 Å². The molecule has 4 aromatic rings. The summed E-state index contributed by atoms with van der Waals surface area (Å²) in [5.74, 6) is -1.50. The van der Waals surface area contributed by atoms with Gasteiger partial charge in [-0.2, -0.15) is 5.10 Å². The van der Waals surface area contributed by atoms with Gasteiger partial charge in [-0.05, 0) is 56.7 Å². The Morgan fingerprint density at radius 1 is 0.971 bits per heavy atom. The van der Waals surface area contributed by atoms with E-state index in [1.54, 1.807) is 0 Å². The fourth-order valence-electron chi connectivity index (χ4n) is 4.13. The fraction of sp³-hybridized carbons (Fsp3) is 0.241. The lowest BCUT2D eigenvalue weighted by atomic mass is 9.93. The lowest BCUT2D eigenvalue weighted by Crippen LogP contribution is -2.15. The molecule has 0 amide bonds. The normalized spacial score (nSPS) is 11.9. The van der Waals surface area contributed by atoms with Gasteiger partial charge in [0.25, 0.3) is 0 Å². The molecule has 0 saturated carbocycles. The zero-order chi connectivity index (χ0) is 24.2. The summed E-state index contributed by atoms with van der Waals surface area (Å²) < 4.78 is 1.92. The molecule has 3 aromatic carbocycles. The van der Waals surface area contributed by atoms with Gasteiger partial charge in [0, 0.05) is 31.3 Å².